The van der Waals surface area contributed by atoms with Gasteiger partial charge >= 0.3 is 0 Å². The molecule has 0 saturated carbocycles. The lowest BCUT2D eigenvalue weighted by Crippen LogP contribution is -2.16. The minimum absolute atomic E-state index is 0.0281. The quantitative estimate of drug-likeness (QED) is 0.151. The average molecular weight is 967 g/mol. The summed E-state index contributed by atoms with van der Waals surface area (Å²) in [6.45, 7) is 13.9. The molecule has 0 atom stereocenters. The first kappa shape index (κ1) is 45.9. The Morgan fingerprint density at radius 1 is 0.360 bits per heavy atom. The Balaban J connectivity index is 1.04. The topological polar surface area (TPSA) is 21.3 Å². The van der Waals surface area contributed by atoms with Crippen molar-refractivity contribution in [3.05, 3.63) is 254 Å². The lowest BCUT2D eigenvalue weighted by molar-refractivity contribution is 0.569. The Hall–Kier alpha value is -8.92. The van der Waals surface area contributed by atoms with Crippen molar-refractivity contribution in [1.82, 2.24) is 4.57 Å². The molecule has 0 aliphatic heterocycles. The SMILES string of the molecule is CC(C)(C)c1cc(-c2cccc3cccc(-c4ccccc4N(c4ccc(-c5cccc6c5c5ccccc5n6-c5ccccc5)cc4)c4ccccc4-c4cccc5c4oc4ccccc45)c23)cc(C(C)(C)C)c1. The van der Waals surface area contributed by atoms with Crippen LogP contribution in [0.2, 0.25) is 0 Å². The zero-order valence-electron chi connectivity index (χ0n) is 43.4. The first-order chi connectivity index (χ1) is 36.5. The van der Waals surface area contributed by atoms with Gasteiger partial charge in [-0.15, -0.1) is 0 Å². The highest BCUT2D eigenvalue weighted by molar-refractivity contribution is 6.16. The largest absolute Gasteiger partial charge is 0.455 e. The molecule has 2 aromatic heterocycles. The van der Waals surface area contributed by atoms with E-state index in [1.807, 2.05) is 6.07 Å². The molecule has 362 valence electrons. The van der Waals surface area contributed by atoms with Crippen molar-refractivity contribution in [3.63, 3.8) is 0 Å². The molecule has 0 aliphatic carbocycles. The van der Waals surface area contributed by atoms with E-state index < -0.39 is 0 Å². The van der Waals surface area contributed by atoms with Gasteiger partial charge in [0, 0.05) is 49.6 Å². The maximum absolute atomic E-state index is 6.78. The first-order valence-electron chi connectivity index (χ1n) is 26.2. The van der Waals surface area contributed by atoms with Crippen molar-refractivity contribution >= 4 is 71.6 Å². The number of para-hydroxylation sites is 6. The summed E-state index contributed by atoms with van der Waals surface area (Å²) in [5, 5.41) is 7.12. The number of hydrogen-bond acceptors (Lipinski definition) is 2. The summed E-state index contributed by atoms with van der Waals surface area (Å²) in [5.74, 6) is 0. The molecule has 2 heterocycles. The normalized spacial score (nSPS) is 12.1. The third-order valence-electron chi connectivity index (χ3n) is 15.3. The van der Waals surface area contributed by atoms with Gasteiger partial charge in [0.15, 0.2) is 0 Å². The van der Waals surface area contributed by atoms with Crippen LogP contribution in [0, 0.1) is 0 Å². The summed E-state index contributed by atoms with van der Waals surface area (Å²) in [6, 6.07) is 89.0. The zero-order valence-corrected chi connectivity index (χ0v) is 43.4. The summed E-state index contributed by atoms with van der Waals surface area (Å²) in [6.07, 6.45) is 0. The van der Waals surface area contributed by atoms with Crippen LogP contribution in [0.4, 0.5) is 17.1 Å². The maximum Gasteiger partial charge on any atom is 0.143 e. The fourth-order valence-corrected chi connectivity index (χ4v) is 11.5. The van der Waals surface area contributed by atoms with Crippen molar-refractivity contribution in [1.29, 1.82) is 0 Å². The van der Waals surface area contributed by atoms with Crippen molar-refractivity contribution in [3.8, 4) is 50.2 Å². The predicted octanol–water partition coefficient (Wildman–Crippen LogP) is 20.6. The molecule has 0 unspecified atom stereocenters. The molecule has 0 N–H and O–H groups in total. The fourth-order valence-electron chi connectivity index (χ4n) is 11.5. The average Bonchev–Trinajstić information content (AvgIpc) is 4.00. The van der Waals surface area contributed by atoms with E-state index in [0.717, 1.165) is 66.9 Å². The van der Waals surface area contributed by atoms with Crippen LogP contribution in [0.5, 0.6) is 0 Å². The summed E-state index contributed by atoms with van der Waals surface area (Å²) >= 11 is 0. The van der Waals surface area contributed by atoms with Gasteiger partial charge in [0.2, 0.25) is 0 Å². The van der Waals surface area contributed by atoms with Crippen molar-refractivity contribution < 1.29 is 4.42 Å². The summed E-state index contributed by atoms with van der Waals surface area (Å²) in [4.78, 5) is 2.47. The van der Waals surface area contributed by atoms with Gasteiger partial charge in [-0.2, -0.15) is 0 Å². The van der Waals surface area contributed by atoms with E-state index >= 15 is 0 Å². The summed E-state index contributed by atoms with van der Waals surface area (Å²) < 4.78 is 9.17. The number of nitrogens with zero attached hydrogens (tertiary/aromatic N) is 2. The Morgan fingerprint density at radius 3 is 1.56 bits per heavy atom. The number of fused-ring (bicyclic) bond motifs is 7. The lowest BCUT2D eigenvalue weighted by Gasteiger charge is -2.30. The molecular weight excluding hydrogens is 909 g/mol. The molecule has 11 aromatic carbocycles. The molecule has 0 aliphatic rings. The number of furan rings is 1. The van der Waals surface area contributed by atoms with E-state index in [-0.39, 0.29) is 10.8 Å². The van der Waals surface area contributed by atoms with Crippen LogP contribution < -0.4 is 4.90 Å². The molecular formula is C72H58N2O. The molecule has 0 amide bonds. The molecule has 0 spiro atoms. The number of anilines is 3. The van der Waals surface area contributed by atoms with Crippen LogP contribution >= 0.6 is 0 Å². The van der Waals surface area contributed by atoms with Gasteiger partial charge in [0.05, 0.1) is 22.4 Å². The van der Waals surface area contributed by atoms with Crippen LogP contribution in [-0.2, 0) is 10.8 Å². The van der Waals surface area contributed by atoms with E-state index in [9.17, 15) is 0 Å². The molecule has 0 saturated heterocycles. The first-order valence-corrected chi connectivity index (χ1v) is 26.2. The lowest BCUT2D eigenvalue weighted by atomic mass is 9.78. The van der Waals surface area contributed by atoms with Crippen LogP contribution in [0.3, 0.4) is 0 Å². The Labute approximate surface area is 439 Å². The predicted molar refractivity (Wildman–Crippen MR) is 319 cm³/mol. The highest BCUT2D eigenvalue weighted by atomic mass is 16.3. The van der Waals surface area contributed by atoms with Gasteiger partial charge in [-0.1, -0.05) is 230 Å². The minimum atomic E-state index is -0.0281. The highest BCUT2D eigenvalue weighted by Gasteiger charge is 2.26. The van der Waals surface area contributed by atoms with E-state index in [4.69, 9.17) is 4.42 Å². The second-order valence-corrected chi connectivity index (χ2v) is 22.1. The molecule has 13 aromatic rings. The monoisotopic (exact) mass is 966 g/mol. The Bertz CT molecular complexity index is 4270. The van der Waals surface area contributed by atoms with Crippen LogP contribution in [0.1, 0.15) is 52.7 Å². The fraction of sp³-hybridized carbons (Fsp3) is 0.111. The molecule has 13 rings (SSSR count). The standard InChI is InChI=1S/C72H58N2O/c1-71(2,3)50-44-49(45-51(46-50)72(4,5)6)55-30-18-22-48-23-19-32-59(68(48)55)56-26-10-14-35-63(56)73(64-36-15-11-27-57(64)60-33-20-34-61-58-28-13-17-39-67(58)75-70(60)61)53-42-40-47(41-43-53)54-31-21-38-66-69(54)62-29-12-16-37-65(62)74(66)52-24-8-7-9-25-52/h7-46H,1-6H3. The van der Waals surface area contributed by atoms with Gasteiger partial charge in [-0.05, 0) is 115 Å². The Kier molecular flexibility index (Phi) is 11.0. The number of benzene rings is 11. The number of aromatic nitrogens is 1. The van der Waals surface area contributed by atoms with Crippen LogP contribution in [0.15, 0.2) is 247 Å². The van der Waals surface area contributed by atoms with Crippen molar-refractivity contribution in [2.45, 2.75) is 52.4 Å². The second kappa shape index (κ2) is 17.9. The molecule has 0 fully saturated rings. The molecule has 3 nitrogen and oxygen atoms in total. The second-order valence-electron chi connectivity index (χ2n) is 22.1. The van der Waals surface area contributed by atoms with Gasteiger partial charge in [-0.25, -0.2) is 0 Å². The summed E-state index contributed by atoms with van der Waals surface area (Å²) in [5.41, 5.74) is 20.3. The van der Waals surface area contributed by atoms with Gasteiger partial charge in [-0.3, -0.25) is 0 Å². The van der Waals surface area contributed by atoms with Gasteiger partial charge in [0.1, 0.15) is 11.2 Å². The smallest absolute Gasteiger partial charge is 0.143 e. The maximum atomic E-state index is 6.78. The molecule has 3 heteroatoms. The van der Waals surface area contributed by atoms with Crippen LogP contribution in [-0.4, -0.2) is 4.57 Å². The van der Waals surface area contributed by atoms with E-state index in [2.05, 4.69) is 288 Å². The van der Waals surface area contributed by atoms with E-state index in [1.165, 1.54) is 66.0 Å². The molecule has 75 heavy (non-hydrogen) atoms. The van der Waals surface area contributed by atoms with Gasteiger partial charge < -0.3 is 13.9 Å². The third-order valence-corrected chi connectivity index (χ3v) is 15.3. The van der Waals surface area contributed by atoms with Crippen molar-refractivity contribution in [2.24, 2.45) is 0 Å². The molecule has 0 bridgehead atoms. The van der Waals surface area contributed by atoms with Crippen LogP contribution in [0.25, 0.3) is 105 Å². The zero-order chi connectivity index (χ0) is 51.0. The summed E-state index contributed by atoms with van der Waals surface area (Å²) in [7, 11) is 0. The number of rotatable bonds is 8. The number of hydrogen-bond donors (Lipinski definition) is 0. The minimum Gasteiger partial charge on any atom is -0.455 e. The molecule has 0 radical (unpaired) electrons. The van der Waals surface area contributed by atoms with Gasteiger partial charge in [0.25, 0.3) is 0 Å². The van der Waals surface area contributed by atoms with E-state index in [0.29, 0.717) is 0 Å². The Morgan fingerprint density at radius 2 is 0.867 bits per heavy atom. The highest BCUT2D eigenvalue weighted by Crippen LogP contribution is 2.50. The van der Waals surface area contributed by atoms with Crippen molar-refractivity contribution in [2.75, 3.05) is 4.90 Å². The van der Waals surface area contributed by atoms with E-state index in [1.54, 1.807) is 0 Å². The third kappa shape index (κ3) is 7.90.